The third kappa shape index (κ3) is 7.64. The molecular formula is C32H31F3N6O5S. The molecule has 4 aromatic rings. The Balaban J connectivity index is 1.19. The fraction of sp³-hybridized carbons (Fsp3) is 0.344. The first-order valence-electron chi connectivity index (χ1n) is 15.0. The van der Waals surface area contributed by atoms with Gasteiger partial charge in [0.05, 0.1) is 24.5 Å². The summed E-state index contributed by atoms with van der Waals surface area (Å²) in [6, 6.07) is 22.4. The Hall–Kier alpha value is -4.31. The molecule has 6 rings (SSSR count). The molecule has 2 aliphatic rings. The number of tetrazole rings is 1. The zero-order chi connectivity index (χ0) is 33.0. The van der Waals surface area contributed by atoms with E-state index in [2.05, 4.69) is 20.8 Å². The predicted octanol–water partition coefficient (Wildman–Crippen LogP) is 4.98. The van der Waals surface area contributed by atoms with Crippen molar-refractivity contribution in [3.05, 3.63) is 95.6 Å². The third-order valence-electron chi connectivity index (χ3n) is 7.94. The van der Waals surface area contributed by atoms with Gasteiger partial charge in [0.15, 0.2) is 6.29 Å². The molecule has 2 N–H and O–H groups in total. The minimum Gasteiger partial charge on any atom is -0.392 e. The van der Waals surface area contributed by atoms with Crippen LogP contribution >= 0.6 is 11.8 Å². The lowest BCUT2D eigenvalue weighted by molar-refractivity contribution is -0.245. The van der Waals surface area contributed by atoms with Crippen LogP contribution in [0.4, 0.5) is 18.9 Å². The number of anilines is 1. The van der Waals surface area contributed by atoms with Crippen LogP contribution in [0.1, 0.15) is 48.3 Å². The van der Waals surface area contributed by atoms with Gasteiger partial charge in [0, 0.05) is 30.0 Å². The average molecular weight is 669 g/mol. The van der Waals surface area contributed by atoms with Crippen molar-refractivity contribution in [1.82, 2.24) is 25.1 Å². The van der Waals surface area contributed by atoms with Crippen LogP contribution in [0, 0.1) is 0 Å². The molecule has 15 heteroatoms. The van der Waals surface area contributed by atoms with E-state index in [0.717, 1.165) is 16.8 Å². The number of carbonyl (C=O) groups excluding carboxylic acids is 2. The molecule has 246 valence electrons. The van der Waals surface area contributed by atoms with Crippen LogP contribution in [0.15, 0.2) is 84.0 Å². The number of ether oxygens (including phenoxy) is 2. The average Bonchev–Trinajstić information content (AvgIpc) is 3.77. The molecule has 11 nitrogen and oxygen atoms in total. The van der Waals surface area contributed by atoms with Gasteiger partial charge in [-0.25, -0.2) is 0 Å². The number of alkyl halides is 3. The van der Waals surface area contributed by atoms with Gasteiger partial charge in [-0.15, -0.1) is 5.10 Å². The van der Waals surface area contributed by atoms with Crippen LogP contribution in [0.3, 0.4) is 0 Å². The molecule has 2 aliphatic heterocycles. The van der Waals surface area contributed by atoms with Gasteiger partial charge >= 0.3 is 12.1 Å². The Bertz CT molecular complexity index is 1690. The fourth-order valence-electron chi connectivity index (χ4n) is 5.62. The Morgan fingerprint density at radius 2 is 1.79 bits per heavy atom. The highest BCUT2D eigenvalue weighted by atomic mass is 32.2. The monoisotopic (exact) mass is 668 g/mol. The summed E-state index contributed by atoms with van der Waals surface area (Å²) in [5, 5.41) is 24.9. The number of benzene rings is 3. The second-order valence-corrected chi connectivity index (χ2v) is 12.1. The normalized spacial score (nSPS) is 21.5. The second-order valence-electron chi connectivity index (χ2n) is 11.1. The molecule has 0 spiro atoms. The van der Waals surface area contributed by atoms with Gasteiger partial charge in [-0.1, -0.05) is 66.4 Å². The first-order chi connectivity index (χ1) is 22.7. The number of nitrogens with zero attached hydrogens (tertiary/aromatic N) is 5. The summed E-state index contributed by atoms with van der Waals surface area (Å²) >= 11 is 1.43. The number of halogens is 3. The number of hydrogen-bond donors (Lipinski definition) is 2. The lowest BCUT2D eigenvalue weighted by atomic mass is 10.0. The van der Waals surface area contributed by atoms with Gasteiger partial charge in [-0.05, 0) is 58.7 Å². The summed E-state index contributed by atoms with van der Waals surface area (Å²) < 4.78 is 53.8. The topological polar surface area (TPSA) is 132 Å². The standard InChI is InChI=1S/C32H31F3N6O5S/c33-32(34,35)30(44)40-15-5-10-26(40)28(43)36-23-7-4-6-22(16-23)29-45-25(17-27(46-29)21-13-11-20(18-42)12-14-21)19-47-31-37-38-39-41(31)24-8-2-1-3-9-24/h1-4,6-9,11-14,16,25-27,29,42H,5,10,15,17-19H2,(H,36,43). The lowest BCUT2D eigenvalue weighted by Crippen LogP contribution is -2.48. The molecule has 2 amide bonds. The second kappa shape index (κ2) is 14.2. The maximum absolute atomic E-state index is 13.1. The summed E-state index contributed by atoms with van der Waals surface area (Å²) in [7, 11) is 0. The van der Waals surface area contributed by atoms with E-state index >= 15 is 0 Å². The summed E-state index contributed by atoms with van der Waals surface area (Å²) in [6.07, 6.45) is -5.68. The maximum Gasteiger partial charge on any atom is 0.471 e. The van der Waals surface area contributed by atoms with Gasteiger partial charge < -0.3 is 24.8 Å². The van der Waals surface area contributed by atoms with Gasteiger partial charge in [0.2, 0.25) is 11.1 Å². The minimum absolute atomic E-state index is 0.0889. The van der Waals surface area contributed by atoms with Gasteiger partial charge in [0.25, 0.3) is 0 Å². The van der Waals surface area contributed by atoms with Gasteiger partial charge in [-0.3, -0.25) is 9.59 Å². The van der Waals surface area contributed by atoms with Crippen molar-refractivity contribution in [3.8, 4) is 5.69 Å². The first kappa shape index (κ1) is 32.6. The van der Waals surface area contributed by atoms with Crippen molar-refractivity contribution in [2.24, 2.45) is 0 Å². The third-order valence-corrected chi connectivity index (χ3v) is 8.99. The van der Waals surface area contributed by atoms with E-state index in [1.807, 2.05) is 54.6 Å². The van der Waals surface area contributed by atoms with Crippen molar-refractivity contribution < 1.29 is 37.3 Å². The molecule has 4 atom stereocenters. The summed E-state index contributed by atoms with van der Waals surface area (Å²) in [4.78, 5) is 25.5. The molecule has 0 bridgehead atoms. The number of rotatable bonds is 9. The summed E-state index contributed by atoms with van der Waals surface area (Å²) in [6.45, 7) is -0.230. The fourth-order valence-corrected chi connectivity index (χ4v) is 6.53. The highest BCUT2D eigenvalue weighted by Gasteiger charge is 2.47. The number of carbonyl (C=O) groups is 2. The Morgan fingerprint density at radius 3 is 2.53 bits per heavy atom. The number of aliphatic hydroxyl groups excluding tert-OH is 1. The van der Waals surface area contributed by atoms with Crippen LogP contribution in [-0.2, 0) is 25.7 Å². The molecule has 4 unspecified atom stereocenters. The van der Waals surface area contributed by atoms with E-state index in [4.69, 9.17) is 9.47 Å². The number of amides is 2. The molecule has 3 aromatic carbocycles. The van der Waals surface area contributed by atoms with Crippen LogP contribution in [0.2, 0.25) is 0 Å². The number of nitrogens with one attached hydrogen (secondary N) is 1. The number of thioether (sulfide) groups is 1. The zero-order valence-corrected chi connectivity index (χ0v) is 25.7. The summed E-state index contributed by atoms with van der Waals surface area (Å²) in [5.74, 6) is -2.23. The Labute approximate surface area is 272 Å². The lowest BCUT2D eigenvalue weighted by Gasteiger charge is -2.36. The van der Waals surface area contributed by atoms with Crippen LogP contribution in [0.25, 0.3) is 5.69 Å². The SMILES string of the molecule is O=C(Nc1cccc(C2OC(CSc3nnnn3-c3ccccc3)CC(c3ccc(CO)cc3)O2)c1)C1CCCN1C(=O)C(F)(F)F. The van der Waals surface area contributed by atoms with Crippen molar-refractivity contribution in [2.75, 3.05) is 17.6 Å². The predicted molar refractivity (Wildman–Crippen MR) is 164 cm³/mol. The number of hydrogen-bond acceptors (Lipinski definition) is 9. The van der Waals surface area contributed by atoms with Crippen LogP contribution < -0.4 is 5.32 Å². The van der Waals surface area contributed by atoms with Crippen molar-refractivity contribution in [2.45, 2.75) is 61.7 Å². The molecule has 2 saturated heterocycles. The Morgan fingerprint density at radius 1 is 1.00 bits per heavy atom. The van der Waals surface area contributed by atoms with Crippen molar-refractivity contribution in [1.29, 1.82) is 0 Å². The highest BCUT2D eigenvalue weighted by molar-refractivity contribution is 7.99. The molecular weight excluding hydrogens is 637 g/mol. The molecule has 1 aromatic heterocycles. The largest absolute Gasteiger partial charge is 0.471 e. The molecule has 0 saturated carbocycles. The van der Waals surface area contributed by atoms with E-state index < -0.39 is 30.3 Å². The minimum atomic E-state index is -5.06. The number of aromatic nitrogens is 4. The maximum atomic E-state index is 13.1. The van der Waals surface area contributed by atoms with E-state index in [-0.39, 0.29) is 31.8 Å². The zero-order valence-electron chi connectivity index (χ0n) is 24.9. The smallest absolute Gasteiger partial charge is 0.392 e. The van der Waals surface area contributed by atoms with E-state index in [1.165, 1.54) is 11.8 Å². The first-order valence-corrected chi connectivity index (χ1v) is 15.9. The molecule has 47 heavy (non-hydrogen) atoms. The highest BCUT2D eigenvalue weighted by Crippen LogP contribution is 2.40. The quantitative estimate of drug-likeness (QED) is 0.237. The number of aliphatic hydroxyl groups is 1. The van der Waals surface area contributed by atoms with Crippen LogP contribution in [-0.4, -0.2) is 72.6 Å². The van der Waals surface area contributed by atoms with Crippen molar-refractivity contribution >= 4 is 29.3 Å². The molecule has 2 fully saturated rings. The number of likely N-dealkylation sites (tertiary alicyclic amines) is 1. The van der Waals surface area contributed by atoms with Gasteiger partial charge in [-0.2, -0.15) is 17.9 Å². The van der Waals surface area contributed by atoms with E-state index in [9.17, 15) is 27.9 Å². The van der Waals surface area contributed by atoms with Crippen molar-refractivity contribution in [3.63, 3.8) is 0 Å². The van der Waals surface area contributed by atoms with E-state index in [0.29, 0.717) is 39.9 Å². The van der Waals surface area contributed by atoms with Gasteiger partial charge in [0.1, 0.15) is 6.04 Å². The molecule has 0 radical (unpaired) electrons. The number of para-hydroxylation sites is 1. The molecule has 3 heterocycles. The summed E-state index contributed by atoms with van der Waals surface area (Å²) in [5.41, 5.74) is 3.37. The Kier molecular flexibility index (Phi) is 9.87. The molecule has 0 aliphatic carbocycles. The van der Waals surface area contributed by atoms with E-state index in [1.54, 1.807) is 28.9 Å². The van der Waals surface area contributed by atoms with Crippen LogP contribution in [0.5, 0.6) is 0 Å².